The van der Waals surface area contributed by atoms with Crippen molar-refractivity contribution in [2.24, 2.45) is 13.0 Å². The monoisotopic (exact) mass is 529 g/mol. The fourth-order valence-corrected chi connectivity index (χ4v) is 5.19. The summed E-state index contributed by atoms with van der Waals surface area (Å²) in [6.07, 6.45) is 12.7. The highest BCUT2D eigenvalue weighted by molar-refractivity contribution is 6.09. The first-order chi connectivity index (χ1) is 18.9. The summed E-state index contributed by atoms with van der Waals surface area (Å²) in [5.74, 6) is 0.182. The molecule has 2 aliphatic heterocycles. The van der Waals surface area contributed by atoms with Crippen molar-refractivity contribution in [2.45, 2.75) is 32.2 Å². The fourth-order valence-electron chi connectivity index (χ4n) is 5.19. The molecule has 6 rings (SSSR count). The van der Waals surface area contributed by atoms with Gasteiger partial charge < -0.3 is 15.4 Å². The highest BCUT2D eigenvalue weighted by Gasteiger charge is 2.30. The summed E-state index contributed by atoms with van der Waals surface area (Å²) in [4.78, 5) is 37.3. The first-order valence-corrected chi connectivity index (χ1v) is 13.1. The van der Waals surface area contributed by atoms with Gasteiger partial charge in [-0.25, -0.2) is 4.52 Å². The molecule has 0 bridgehead atoms. The molecular weight excluding hydrogens is 498 g/mol. The number of likely N-dealkylation sites (tertiary alicyclic amines) is 1. The van der Waals surface area contributed by atoms with E-state index in [1.165, 1.54) is 6.20 Å². The number of aryl methyl sites for hydroxylation is 2. The number of pyridine rings is 1. The van der Waals surface area contributed by atoms with Gasteiger partial charge in [0.25, 0.3) is 5.91 Å². The normalized spacial score (nSPS) is 17.8. The number of nitrogens with zero attached hydrogens (tertiary/aromatic N) is 7. The van der Waals surface area contributed by atoms with Crippen LogP contribution in [0.3, 0.4) is 0 Å². The Bertz CT molecular complexity index is 1520. The summed E-state index contributed by atoms with van der Waals surface area (Å²) in [6.45, 7) is 5.46. The average Bonchev–Trinajstić information content (AvgIpc) is 3.63. The minimum Gasteiger partial charge on any atom is -0.381 e. The molecule has 202 valence electrons. The number of nitrogens with one attached hydrogen (secondary N) is 2. The largest absolute Gasteiger partial charge is 0.381 e. The minimum atomic E-state index is -0.337. The van der Waals surface area contributed by atoms with E-state index in [0.717, 1.165) is 44.7 Å². The number of hydrogen-bond acceptors (Lipinski definition) is 8. The number of amides is 2. The number of anilines is 2. The molecule has 1 atom stereocenters. The van der Waals surface area contributed by atoms with E-state index in [0.29, 0.717) is 46.2 Å². The smallest absolute Gasteiger partial charge is 0.259 e. The Morgan fingerprint density at radius 2 is 1.95 bits per heavy atom. The summed E-state index contributed by atoms with van der Waals surface area (Å²) in [5, 5.41) is 14.4. The van der Waals surface area contributed by atoms with Crippen LogP contribution in [-0.2, 0) is 16.6 Å². The van der Waals surface area contributed by atoms with E-state index in [2.05, 4.69) is 35.7 Å². The topological polar surface area (TPSA) is 132 Å². The Morgan fingerprint density at radius 1 is 1.08 bits per heavy atom. The van der Waals surface area contributed by atoms with E-state index in [1.54, 1.807) is 47.0 Å². The third kappa shape index (κ3) is 5.38. The number of aromatic nitrogens is 6. The van der Waals surface area contributed by atoms with Gasteiger partial charge in [0.15, 0.2) is 0 Å². The van der Waals surface area contributed by atoms with Gasteiger partial charge in [-0.3, -0.25) is 29.1 Å². The molecule has 2 aliphatic rings. The van der Waals surface area contributed by atoms with E-state index in [9.17, 15) is 9.59 Å². The molecule has 0 radical (unpaired) electrons. The molecule has 12 nitrogen and oxygen atoms in total. The zero-order chi connectivity index (χ0) is 26.9. The van der Waals surface area contributed by atoms with Gasteiger partial charge >= 0.3 is 0 Å². The molecule has 0 unspecified atom stereocenters. The Hall–Kier alpha value is -4.16. The van der Waals surface area contributed by atoms with Crippen molar-refractivity contribution in [3.8, 4) is 11.3 Å². The van der Waals surface area contributed by atoms with Crippen LogP contribution in [-0.4, -0.2) is 78.4 Å². The molecule has 39 heavy (non-hydrogen) atoms. The maximum absolute atomic E-state index is 13.2. The van der Waals surface area contributed by atoms with Crippen LogP contribution >= 0.6 is 0 Å². The lowest BCUT2D eigenvalue weighted by molar-refractivity contribution is -0.117. The summed E-state index contributed by atoms with van der Waals surface area (Å²) < 4.78 is 8.62. The lowest BCUT2D eigenvalue weighted by Crippen LogP contribution is -2.42. The number of fused-ring (bicyclic) bond motifs is 1. The van der Waals surface area contributed by atoms with Crippen molar-refractivity contribution in [2.75, 3.05) is 36.9 Å². The van der Waals surface area contributed by atoms with Gasteiger partial charge in [0.1, 0.15) is 0 Å². The first kappa shape index (κ1) is 25.1. The van der Waals surface area contributed by atoms with Gasteiger partial charge in [-0.05, 0) is 32.4 Å². The van der Waals surface area contributed by atoms with E-state index in [4.69, 9.17) is 4.74 Å². The van der Waals surface area contributed by atoms with Gasteiger partial charge in [-0.2, -0.15) is 10.2 Å². The van der Waals surface area contributed by atoms with Crippen LogP contribution in [0.4, 0.5) is 11.4 Å². The molecule has 2 N–H and O–H groups in total. The van der Waals surface area contributed by atoms with E-state index < -0.39 is 0 Å². The van der Waals surface area contributed by atoms with Gasteiger partial charge in [0.05, 0.1) is 78.0 Å². The molecule has 2 fully saturated rings. The summed E-state index contributed by atoms with van der Waals surface area (Å²) in [5.41, 5.74) is 4.21. The maximum atomic E-state index is 13.2. The highest BCUT2D eigenvalue weighted by Crippen LogP contribution is 2.25. The van der Waals surface area contributed by atoms with Crippen molar-refractivity contribution < 1.29 is 14.3 Å². The second-order valence-electron chi connectivity index (χ2n) is 10.3. The van der Waals surface area contributed by atoms with E-state index in [-0.39, 0.29) is 17.9 Å². The van der Waals surface area contributed by atoms with Crippen LogP contribution in [0.25, 0.3) is 16.8 Å². The SMILES string of the molecule is Cc1ncc(NC(=O)C[C@@H]2CCCN2CC2COC2)cc1NC(=O)c1cnn2cc(-c3cnn(C)c3)ncc12. The number of hydrogen-bond donors (Lipinski definition) is 2. The Balaban J connectivity index is 1.11. The second-order valence-corrected chi connectivity index (χ2v) is 10.3. The molecule has 0 spiro atoms. The van der Waals surface area contributed by atoms with Crippen molar-refractivity contribution in [3.05, 3.63) is 54.5 Å². The van der Waals surface area contributed by atoms with Crippen LogP contribution in [0.15, 0.2) is 43.2 Å². The third-order valence-corrected chi connectivity index (χ3v) is 7.39. The molecule has 12 heteroatoms. The zero-order valence-corrected chi connectivity index (χ0v) is 22.0. The number of carbonyl (C=O) groups excluding carboxylic acids is 2. The minimum absolute atomic E-state index is 0.0576. The molecule has 0 aromatic carbocycles. The zero-order valence-electron chi connectivity index (χ0n) is 22.0. The number of ether oxygens (including phenoxy) is 1. The van der Waals surface area contributed by atoms with Gasteiger partial charge in [0.2, 0.25) is 5.91 Å². The summed E-state index contributed by atoms with van der Waals surface area (Å²) in [6, 6.07) is 1.98. The summed E-state index contributed by atoms with van der Waals surface area (Å²) >= 11 is 0. The Labute approximate surface area is 225 Å². The van der Waals surface area contributed by atoms with Crippen molar-refractivity contribution in [3.63, 3.8) is 0 Å². The van der Waals surface area contributed by atoms with Gasteiger partial charge in [-0.15, -0.1) is 0 Å². The highest BCUT2D eigenvalue weighted by atomic mass is 16.5. The van der Waals surface area contributed by atoms with E-state index in [1.807, 2.05) is 13.2 Å². The lowest BCUT2D eigenvalue weighted by atomic mass is 10.1. The molecule has 4 aromatic heterocycles. The van der Waals surface area contributed by atoms with Crippen LogP contribution in [0.1, 0.15) is 35.3 Å². The van der Waals surface area contributed by atoms with Gasteiger partial charge in [0, 0.05) is 43.7 Å². The van der Waals surface area contributed by atoms with Crippen molar-refractivity contribution in [1.29, 1.82) is 0 Å². The quantitative estimate of drug-likeness (QED) is 0.356. The van der Waals surface area contributed by atoms with E-state index >= 15 is 0 Å². The van der Waals surface area contributed by atoms with Crippen LogP contribution in [0.5, 0.6) is 0 Å². The number of carbonyl (C=O) groups is 2. The van der Waals surface area contributed by atoms with Crippen molar-refractivity contribution in [1.82, 2.24) is 34.3 Å². The van der Waals surface area contributed by atoms with Crippen LogP contribution in [0.2, 0.25) is 0 Å². The Kier molecular flexibility index (Phi) is 6.79. The maximum Gasteiger partial charge on any atom is 0.259 e. The molecule has 6 heterocycles. The predicted octanol–water partition coefficient (Wildman–Crippen LogP) is 2.52. The standard InChI is InChI=1S/C27H31N9O3/c1-17-23(6-20(9-28-17)32-26(37)7-21-4-3-5-35(21)12-18-15-39-16-18)33-27(38)22-10-31-36-14-24(29-11-25(22)36)19-8-30-34(2)13-19/h6,8-11,13-14,18,21H,3-5,7,12,15-16H2,1-2H3,(H,32,37)(H,33,38)/t21-/m0/s1. The van der Waals surface area contributed by atoms with Gasteiger partial charge in [-0.1, -0.05) is 0 Å². The first-order valence-electron chi connectivity index (χ1n) is 13.1. The number of rotatable bonds is 8. The molecular formula is C27H31N9O3. The molecule has 0 aliphatic carbocycles. The summed E-state index contributed by atoms with van der Waals surface area (Å²) in [7, 11) is 1.84. The molecule has 4 aromatic rings. The second kappa shape index (κ2) is 10.5. The van der Waals surface area contributed by atoms with Crippen LogP contribution < -0.4 is 10.6 Å². The molecule has 0 saturated carbocycles. The fraction of sp³-hybridized carbons (Fsp3) is 0.407. The van der Waals surface area contributed by atoms with Crippen molar-refractivity contribution >= 4 is 28.7 Å². The Morgan fingerprint density at radius 3 is 2.72 bits per heavy atom. The van der Waals surface area contributed by atoms with Crippen LogP contribution in [0, 0.1) is 12.8 Å². The molecule has 2 amide bonds. The average molecular weight is 530 g/mol. The predicted molar refractivity (Wildman–Crippen MR) is 144 cm³/mol. The third-order valence-electron chi connectivity index (χ3n) is 7.39. The molecule has 2 saturated heterocycles. The lowest BCUT2D eigenvalue weighted by Gasteiger charge is -2.33.